The molecule has 0 aromatic heterocycles. The summed E-state index contributed by atoms with van der Waals surface area (Å²) in [4.78, 5) is 0. The summed E-state index contributed by atoms with van der Waals surface area (Å²) in [5.74, 6) is -0.0343. The summed E-state index contributed by atoms with van der Waals surface area (Å²) in [5.41, 5.74) is 0. The van der Waals surface area contributed by atoms with E-state index in [4.69, 9.17) is 4.74 Å². The zero-order chi connectivity index (χ0) is 12.6. The van der Waals surface area contributed by atoms with Crippen molar-refractivity contribution in [3.8, 4) is 0 Å². The highest BCUT2D eigenvalue weighted by molar-refractivity contribution is 7.89. The van der Waals surface area contributed by atoms with E-state index in [9.17, 15) is 13.5 Å². The molecule has 0 saturated carbocycles. The molecule has 0 spiro atoms. The fourth-order valence-electron chi connectivity index (χ4n) is 1.05. The Bertz CT molecular complexity index is 264. The van der Waals surface area contributed by atoms with Crippen LogP contribution in [0.4, 0.5) is 0 Å². The van der Waals surface area contributed by atoms with Gasteiger partial charge in [0.05, 0.1) is 24.6 Å². The van der Waals surface area contributed by atoms with Crippen molar-refractivity contribution in [2.24, 2.45) is 0 Å². The van der Waals surface area contributed by atoms with E-state index >= 15 is 0 Å². The molecule has 0 saturated heterocycles. The molecule has 2 N–H and O–H groups in total. The number of rotatable bonds is 9. The Morgan fingerprint density at radius 2 is 2.00 bits per heavy atom. The van der Waals surface area contributed by atoms with Crippen LogP contribution in [0, 0.1) is 0 Å². The van der Waals surface area contributed by atoms with Gasteiger partial charge in [0.25, 0.3) is 0 Å². The molecule has 16 heavy (non-hydrogen) atoms. The van der Waals surface area contributed by atoms with Crippen LogP contribution in [0.25, 0.3) is 0 Å². The van der Waals surface area contributed by atoms with E-state index in [-0.39, 0.29) is 25.0 Å². The third-order valence-corrected chi connectivity index (χ3v) is 3.42. The normalized spacial score (nSPS) is 14.3. The predicted octanol–water partition coefficient (Wildman–Crippen LogP) is 0.492. The van der Waals surface area contributed by atoms with Gasteiger partial charge in [-0.1, -0.05) is 6.92 Å². The van der Waals surface area contributed by atoms with Crippen LogP contribution in [-0.4, -0.2) is 44.6 Å². The lowest BCUT2D eigenvalue weighted by molar-refractivity contribution is 0.0911. The van der Waals surface area contributed by atoms with E-state index in [1.807, 2.05) is 20.8 Å². The Hall–Kier alpha value is -0.170. The van der Waals surface area contributed by atoms with E-state index < -0.39 is 16.1 Å². The predicted molar refractivity (Wildman–Crippen MR) is 63.8 cm³/mol. The molecule has 0 aliphatic heterocycles. The number of aliphatic hydroxyl groups is 1. The molecule has 1 unspecified atom stereocenters. The lowest BCUT2D eigenvalue weighted by atomic mass is 10.2. The molecule has 0 fully saturated rings. The van der Waals surface area contributed by atoms with Crippen LogP contribution in [-0.2, 0) is 14.8 Å². The SMILES string of the molecule is CCC(O)CCNS(=O)(=O)CCOC(C)C. The molecule has 0 rings (SSSR count). The largest absolute Gasteiger partial charge is 0.393 e. The minimum Gasteiger partial charge on any atom is -0.393 e. The van der Waals surface area contributed by atoms with Crippen LogP contribution in [0.15, 0.2) is 0 Å². The molecule has 0 aromatic carbocycles. The third-order valence-electron chi connectivity index (χ3n) is 2.07. The van der Waals surface area contributed by atoms with Crippen molar-refractivity contribution in [2.75, 3.05) is 18.9 Å². The molecule has 0 aliphatic carbocycles. The minimum absolute atomic E-state index is 0.0343. The number of sulfonamides is 1. The monoisotopic (exact) mass is 253 g/mol. The van der Waals surface area contributed by atoms with Crippen molar-refractivity contribution < 1.29 is 18.3 Å². The molecule has 6 heteroatoms. The molecule has 0 bridgehead atoms. The van der Waals surface area contributed by atoms with Gasteiger partial charge in [-0.3, -0.25) is 0 Å². The topological polar surface area (TPSA) is 75.6 Å². The first-order valence-electron chi connectivity index (χ1n) is 5.64. The van der Waals surface area contributed by atoms with Crippen molar-refractivity contribution in [1.29, 1.82) is 0 Å². The van der Waals surface area contributed by atoms with Gasteiger partial charge < -0.3 is 9.84 Å². The molecule has 0 amide bonds. The van der Waals surface area contributed by atoms with Gasteiger partial charge in [0.15, 0.2) is 0 Å². The highest BCUT2D eigenvalue weighted by Crippen LogP contribution is 1.96. The number of aliphatic hydroxyl groups excluding tert-OH is 1. The second-order valence-corrected chi connectivity index (χ2v) is 5.91. The van der Waals surface area contributed by atoms with E-state index in [1.54, 1.807) is 0 Å². The average Bonchev–Trinajstić information content (AvgIpc) is 2.16. The fraction of sp³-hybridized carbons (Fsp3) is 1.00. The van der Waals surface area contributed by atoms with Gasteiger partial charge in [-0.2, -0.15) is 0 Å². The molecule has 98 valence electrons. The van der Waals surface area contributed by atoms with Crippen LogP contribution in [0.5, 0.6) is 0 Å². The number of ether oxygens (including phenoxy) is 1. The Morgan fingerprint density at radius 1 is 1.38 bits per heavy atom. The number of nitrogens with one attached hydrogen (secondary N) is 1. The maximum absolute atomic E-state index is 11.4. The van der Waals surface area contributed by atoms with Gasteiger partial charge in [-0.25, -0.2) is 13.1 Å². The van der Waals surface area contributed by atoms with Crippen LogP contribution in [0.3, 0.4) is 0 Å². The summed E-state index contributed by atoms with van der Waals surface area (Å²) >= 11 is 0. The minimum atomic E-state index is -3.27. The molecule has 0 radical (unpaired) electrons. The zero-order valence-electron chi connectivity index (χ0n) is 10.3. The molecular formula is C10H23NO4S. The average molecular weight is 253 g/mol. The zero-order valence-corrected chi connectivity index (χ0v) is 11.1. The maximum atomic E-state index is 11.4. The van der Waals surface area contributed by atoms with Crippen LogP contribution in [0.2, 0.25) is 0 Å². The first kappa shape index (κ1) is 15.8. The van der Waals surface area contributed by atoms with Gasteiger partial charge in [-0.15, -0.1) is 0 Å². The Labute approximate surface area is 98.2 Å². The molecule has 0 aliphatic rings. The van der Waals surface area contributed by atoms with Gasteiger partial charge in [0, 0.05) is 6.54 Å². The number of hydrogen-bond donors (Lipinski definition) is 2. The molecule has 0 aromatic rings. The third kappa shape index (κ3) is 9.08. The van der Waals surface area contributed by atoms with E-state index in [1.165, 1.54) is 0 Å². The summed E-state index contributed by atoms with van der Waals surface area (Å²) in [6, 6.07) is 0. The van der Waals surface area contributed by atoms with Crippen LogP contribution in [0.1, 0.15) is 33.6 Å². The van der Waals surface area contributed by atoms with Crippen molar-refractivity contribution >= 4 is 10.0 Å². The summed E-state index contributed by atoms with van der Waals surface area (Å²) in [6.07, 6.45) is 0.686. The number of hydrogen-bond acceptors (Lipinski definition) is 4. The highest BCUT2D eigenvalue weighted by Gasteiger charge is 2.10. The Morgan fingerprint density at radius 3 is 2.50 bits per heavy atom. The van der Waals surface area contributed by atoms with E-state index in [2.05, 4.69) is 4.72 Å². The van der Waals surface area contributed by atoms with Gasteiger partial charge in [-0.05, 0) is 26.7 Å². The standard InChI is InChI=1S/C10H23NO4S/c1-4-10(12)5-6-11-16(13,14)8-7-15-9(2)3/h9-12H,4-8H2,1-3H3. The van der Waals surface area contributed by atoms with Crippen LogP contribution >= 0.6 is 0 Å². The van der Waals surface area contributed by atoms with Crippen molar-refractivity contribution in [1.82, 2.24) is 4.72 Å². The summed E-state index contributed by atoms with van der Waals surface area (Å²) < 4.78 is 30.4. The smallest absolute Gasteiger partial charge is 0.213 e. The Kier molecular flexibility index (Phi) is 7.91. The first-order chi connectivity index (χ1) is 7.37. The van der Waals surface area contributed by atoms with Gasteiger partial charge in [0.1, 0.15) is 0 Å². The van der Waals surface area contributed by atoms with Crippen molar-refractivity contribution in [3.63, 3.8) is 0 Å². The van der Waals surface area contributed by atoms with E-state index in [0.717, 1.165) is 0 Å². The highest BCUT2D eigenvalue weighted by atomic mass is 32.2. The lowest BCUT2D eigenvalue weighted by Gasteiger charge is -2.10. The van der Waals surface area contributed by atoms with Gasteiger partial charge >= 0.3 is 0 Å². The lowest BCUT2D eigenvalue weighted by Crippen LogP contribution is -2.31. The van der Waals surface area contributed by atoms with Crippen LogP contribution < -0.4 is 4.72 Å². The fourth-order valence-corrected chi connectivity index (χ4v) is 1.94. The van der Waals surface area contributed by atoms with Crippen molar-refractivity contribution in [3.05, 3.63) is 0 Å². The molecular weight excluding hydrogens is 230 g/mol. The summed E-state index contributed by atoms with van der Waals surface area (Å²) in [7, 11) is -3.27. The summed E-state index contributed by atoms with van der Waals surface area (Å²) in [6.45, 7) is 6.05. The second-order valence-electron chi connectivity index (χ2n) is 3.98. The second kappa shape index (κ2) is 8.00. The van der Waals surface area contributed by atoms with E-state index in [0.29, 0.717) is 12.8 Å². The molecule has 5 nitrogen and oxygen atoms in total. The van der Waals surface area contributed by atoms with Gasteiger partial charge in [0.2, 0.25) is 10.0 Å². The molecule has 1 atom stereocenters. The Balaban J connectivity index is 3.71. The van der Waals surface area contributed by atoms with Crippen molar-refractivity contribution in [2.45, 2.75) is 45.8 Å². The maximum Gasteiger partial charge on any atom is 0.213 e. The summed E-state index contributed by atoms with van der Waals surface area (Å²) in [5, 5.41) is 9.24. The first-order valence-corrected chi connectivity index (χ1v) is 7.29. The molecule has 0 heterocycles. The quantitative estimate of drug-likeness (QED) is 0.627.